The molecule has 2 unspecified atom stereocenters. The van der Waals surface area contributed by atoms with Crippen molar-refractivity contribution >= 4 is 11.9 Å². The molecule has 1 aromatic carbocycles. The van der Waals surface area contributed by atoms with Gasteiger partial charge in [-0.15, -0.1) is 0 Å². The molecule has 0 amide bonds. The lowest BCUT2D eigenvalue weighted by atomic mass is 10.0. The predicted molar refractivity (Wildman–Crippen MR) is 77.1 cm³/mol. The Morgan fingerprint density at radius 3 is 2.29 bits per heavy atom. The zero-order chi connectivity index (χ0) is 15.8. The standard InChI is InChI=1S/C15H21NO5/c1-2-10-3-5-11(6-4-10)13(17)7-8-16-12(15(20)21)9-14(18)19/h3-6,12-13,16-17H,2,7-9H2,1H3,(H,18,19)(H,20,21). The SMILES string of the molecule is CCc1ccc(C(O)CCNC(CC(=O)O)C(=O)O)cc1. The van der Waals surface area contributed by atoms with Gasteiger partial charge in [-0.1, -0.05) is 31.2 Å². The third kappa shape index (κ3) is 5.93. The molecule has 0 aliphatic rings. The minimum Gasteiger partial charge on any atom is -0.481 e. The second-order valence-corrected chi connectivity index (χ2v) is 4.84. The molecule has 0 radical (unpaired) electrons. The van der Waals surface area contributed by atoms with Gasteiger partial charge in [0, 0.05) is 0 Å². The van der Waals surface area contributed by atoms with Gasteiger partial charge in [0.1, 0.15) is 6.04 Å². The number of aliphatic hydroxyl groups excluding tert-OH is 1. The first-order valence-corrected chi connectivity index (χ1v) is 6.89. The van der Waals surface area contributed by atoms with Crippen molar-refractivity contribution in [1.82, 2.24) is 5.32 Å². The van der Waals surface area contributed by atoms with Crippen molar-refractivity contribution < 1.29 is 24.9 Å². The Balaban J connectivity index is 2.45. The van der Waals surface area contributed by atoms with Crippen LogP contribution in [0.1, 0.15) is 37.0 Å². The van der Waals surface area contributed by atoms with Crippen LogP contribution in [0.2, 0.25) is 0 Å². The first-order valence-electron chi connectivity index (χ1n) is 6.89. The minimum absolute atomic E-state index is 0.223. The van der Waals surface area contributed by atoms with Crippen LogP contribution >= 0.6 is 0 Å². The van der Waals surface area contributed by atoms with Gasteiger partial charge in [0.05, 0.1) is 12.5 Å². The van der Waals surface area contributed by atoms with E-state index in [9.17, 15) is 14.7 Å². The average Bonchev–Trinajstić information content (AvgIpc) is 2.45. The van der Waals surface area contributed by atoms with Crippen LogP contribution in [-0.2, 0) is 16.0 Å². The Hall–Kier alpha value is -1.92. The van der Waals surface area contributed by atoms with Gasteiger partial charge in [0.25, 0.3) is 0 Å². The highest BCUT2D eigenvalue weighted by molar-refractivity contribution is 5.80. The maximum Gasteiger partial charge on any atom is 0.321 e. The Bertz CT molecular complexity index is 471. The number of benzene rings is 1. The van der Waals surface area contributed by atoms with Gasteiger partial charge in [-0.05, 0) is 30.5 Å². The van der Waals surface area contributed by atoms with E-state index in [2.05, 4.69) is 5.32 Å². The lowest BCUT2D eigenvalue weighted by Crippen LogP contribution is -2.39. The number of carboxylic acid groups (broad SMARTS) is 2. The first kappa shape index (κ1) is 17.1. The molecule has 0 aliphatic heterocycles. The lowest BCUT2D eigenvalue weighted by Gasteiger charge is -2.15. The van der Waals surface area contributed by atoms with E-state index in [1.54, 1.807) is 0 Å². The van der Waals surface area contributed by atoms with E-state index in [4.69, 9.17) is 10.2 Å². The zero-order valence-electron chi connectivity index (χ0n) is 12.0. The Labute approximate surface area is 123 Å². The Kier molecular flexibility index (Phi) is 6.84. The summed E-state index contributed by atoms with van der Waals surface area (Å²) in [5.41, 5.74) is 1.94. The molecule has 0 saturated carbocycles. The summed E-state index contributed by atoms with van der Waals surface area (Å²) >= 11 is 0. The molecule has 0 bridgehead atoms. The fourth-order valence-electron chi connectivity index (χ4n) is 1.96. The van der Waals surface area contributed by atoms with Gasteiger partial charge >= 0.3 is 11.9 Å². The fourth-order valence-corrected chi connectivity index (χ4v) is 1.96. The lowest BCUT2D eigenvalue weighted by molar-refractivity contribution is -0.145. The van der Waals surface area contributed by atoms with E-state index in [1.807, 2.05) is 31.2 Å². The molecule has 4 N–H and O–H groups in total. The fraction of sp³-hybridized carbons (Fsp3) is 0.467. The van der Waals surface area contributed by atoms with Gasteiger partial charge in [-0.25, -0.2) is 0 Å². The number of aryl methyl sites for hydroxylation is 1. The normalized spacial score (nSPS) is 13.6. The molecule has 0 spiro atoms. The van der Waals surface area contributed by atoms with Crippen LogP contribution in [-0.4, -0.2) is 39.8 Å². The maximum atomic E-state index is 10.9. The highest BCUT2D eigenvalue weighted by atomic mass is 16.4. The molecule has 6 heteroatoms. The predicted octanol–water partition coefficient (Wildman–Crippen LogP) is 1.19. The third-order valence-electron chi connectivity index (χ3n) is 3.26. The van der Waals surface area contributed by atoms with E-state index in [0.717, 1.165) is 12.0 Å². The van der Waals surface area contributed by atoms with Crippen molar-refractivity contribution in [2.45, 2.75) is 38.3 Å². The summed E-state index contributed by atoms with van der Waals surface area (Å²) < 4.78 is 0. The molecule has 1 aromatic rings. The van der Waals surface area contributed by atoms with E-state index >= 15 is 0 Å². The second-order valence-electron chi connectivity index (χ2n) is 4.84. The summed E-state index contributed by atoms with van der Waals surface area (Å²) in [5.74, 6) is -2.38. The summed E-state index contributed by atoms with van der Waals surface area (Å²) in [5, 5.41) is 30.1. The van der Waals surface area contributed by atoms with Crippen molar-refractivity contribution in [2.75, 3.05) is 6.54 Å². The summed E-state index contributed by atoms with van der Waals surface area (Å²) in [7, 11) is 0. The van der Waals surface area contributed by atoms with Gasteiger partial charge in [-0.2, -0.15) is 0 Å². The average molecular weight is 295 g/mol. The second kappa shape index (κ2) is 8.39. The number of rotatable bonds is 9. The highest BCUT2D eigenvalue weighted by Gasteiger charge is 2.20. The zero-order valence-corrected chi connectivity index (χ0v) is 12.0. The number of nitrogens with one attached hydrogen (secondary N) is 1. The molecule has 0 aliphatic carbocycles. The largest absolute Gasteiger partial charge is 0.481 e. The number of carbonyl (C=O) groups is 2. The molecular formula is C15H21NO5. The van der Waals surface area contributed by atoms with E-state index in [0.29, 0.717) is 6.42 Å². The van der Waals surface area contributed by atoms with Gasteiger partial charge in [0.15, 0.2) is 0 Å². The Morgan fingerprint density at radius 2 is 1.81 bits per heavy atom. The quantitative estimate of drug-likeness (QED) is 0.545. The molecular weight excluding hydrogens is 274 g/mol. The Morgan fingerprint density at radius 1 is 1.19 bits per heavy atom. The number of hydrogen-bond acceptors (Lipinski definition) is 4. The topological polar surface area (TPSA) is 107 Å². The van der Waals surface area contributed by atoms with Crippen LogP contribution in [0.4, 0.5) is 0 Å². The van der Waals surface area contributed by atoms with Crippen LogP contribution in [0.15, 0.2) is 24.3 Å². The van der Waals surface area contributed by atoms with Gasteiger partial charge in [0.2, 0.25) is 0 Å². The summed E-state index contributed by atoms with van der Waals surface area (Å²) in [4.78, 5) is 21.4. The number of aliphatic hydroxyl groups is 1. The first-order chi connectivity index (χ1) is 9.93. The molecule has 1 rings (SSSR count). The molecule has 6 nitrogen and oxygen atoms in total. The molecule has 116 valence electrons. The number of aliphatic carboxylic acids is 2. The van der Waals surface area contributed by atoms with Gasteiger partial charge in [-0.3, -0.25) is 9.59 Å². The third-order valence-corrected chi connectivity index (χ3v) is 3.26. The summed E-state index contributed by atoms with van der Waals surface area (Å²) in [6.45, 7) is 2.27. The van der Waals surface area contributed by atoms with Crippen LogP contribution in [0.25, 0.3) is 0 Å². The van der Waals surface area contributed by atoms with E-state index < -0.39 is 30.5 Å². The summed E-state index contributed by atoms with van der Waals surface area (Å²) in [6.07, 6.45) is 0.0431. The van der Waals surface area contributed by atoms with Crippen molar-refractivity contribution in [3.8, 4) is 0 Å². The highest BCUT2D eigenvalue weighted by Crippen LogP contribution is 2.17. The van der Waals surface area contributed by atoms with Crippen molar-refractivity contribution in [2.24, 2.45) is 0 Å². The minimum atomic E-state index is -1.21. The number of carboxylic acids is 2. The smallest absolute Gasteiger partial charge is 0.321 e. The van der Waals surface area contributed by atoms with Crippen molar-refractivity contribution in [3.05, 3.63) is 35.4 Å². The molecule has 0 fully saturated rings. The van der Waals surface area contributed by atoms with Crippen LogP contribution in [0, 0.1) is 0 Å². The molecule has 0 aromatic heterocycles. The van der Waals surface area contributed by atoms with E-state index in [1.165, 1.54) is 5.56 Å². The van der Waals surface area contributed by atoms with E-state index in [-0.39, 0.29) is 6.54 Å². The molecule has 0 saturated heterocycles. The van der Waals surface area contributed by atoms with Gasteiger partial charge < -0.3 is 20.6 Å². The summed E-state index contributed by atoms with van der Waals surface area (Å²) in [6, 6.07) is 6.43. The molecule has 0 heterocycles. The van der Waals surface area contributed by atoms with Crippen LogP contribution in [0.3, 0.4) is 0 Å². The number of hydrogen-bond donors (Lipinski definition) is 4. The van der Waals surface area contributed by atoms with Crippen LogP contribution in [0.5, 0.6) is 0 Å². The van der Waals surface area contributed by atoms with Crippen molar-refractivity contribution in [1.29, 1.82) is 0 Å². The maximum absolute atomic E-state index is 10.9. The monoisotopic (exact) mass is 295 g/mol. The van der Waals surface area contributed by atoms with Crippen molar-refractivity contribution in [3.63, 3.8) is 0 Å². The van der Waals surface area contributed by atoms with Crippen LogP contribution < -0.4 is 5.32 Å². The molecule has 21 heavy (non-hydrogen) atoms. The molecule has 2 atom stereocenters.